The summed E-state index contributed by atoms with van der Waals surface area (Å²) in [5.74, 6) is 0. The van der Waals surface area contributed by atoms with Crippen LogP contribution in [-0.2, 0) is 6.42 Å². The minimum atomic E-state index is 0.568. The van der Waals surface area contributed by atoms with Crippen molar-refractivity contribution in [1.82, 2.24) is 5.32 Å². The molecule has 3 nitrogen and oxygen atoms in total. The molecule has 0 amide bonds. The van der Waals surface area contributed by atoms with Crippen LogP contribution >= 0.6 is 0 Å². The van der Waals surface area contributed by atoms with Gasteiger partial charge in [-0.15, -0.1) is 0 Å². The van der Waals surface area contributed by atoms with E-state index in [0.29, 0.717) is 6.04 Å². The number of hydrogen-bond acceptors (Lipinski definition) is 3. The van der Waals surface area contributed by atoms with Gasteiger partial charge in [0, 0.05) is 24.0 Å². The highest BCUT2D eigenvalue weighted by Gasteiger charge is 2.13. The van der Waals surface area contributed by atoms with E-state index < -0.39 is 0 Å². The Kier molecular flexibility index (Phi) is 3.11. The van der Waals surface area contributed by atoms with Gasteiger partial charge in [-0.05, 0) is 43.1 Å². The first kappa shape index (κ1) is 10.3. The number of nitrogen functional groups attached to an aromatic ring is 1. The van der Waals surface area contributed by atoms with Gasteiger partial charge in [0.05, 0.1) is 0 Å². The Morgan fingerprint density at radius 3 is 3.07 bits per heavy atom. The van der Waals surface area contributed by atoms with Crippen molar-refractivity contribution in [2.24, 2.45) is 0 Å². The van der Waals surface area contributed by atoms with Gasteiger partial charge in [-0.1, -0.05) is 6.92 Å². The molecule has 15 heavy (non-hydrogen) atoms. The van der Waals surface area contributed by atoms with Crippen molar-refractivity contribution in [3.05, 3.63) is 23.8 Å². The van der Waals surface area contributed by atoms with Crippen molar-refractivity contribution >= 4 is 11.4 Å². The highest BCUT2D eigenvalue weighted by Crippen LogP contribution is 2.19. The van der Waals surface area contributed by atoms with E-state index in [1.165, 1.54) is 17.7 Å². The lowest BCUT2D eigenvalue weighted by Crippen LogP contribution is -2.22. The third kappa shape index (κ3) is 2.42. The van der Waals surface area contributed by atoms with E-state index in [4.69, 9.17) is 5.73 Å². The van der Waals surface area contributed by atoms with E-state index in [2.05, 4.69) is 29.7 Å². The first-order valence-corrected chi connectivity index (χ1v) is 5.65. The van der Waals surface area contributed by atoms with Crippen LogP contribution in [0.3, 0.4) is 0 Å². The molecular formula is C12H19N3. The second-order valence-electron chi connectivity index (χ2n) is 4.10. The lowest BCUT2D eigenvalue weighted by molar-refractivity contribution is 0.793. The van der Waals surface area contributed by atoms with E-state index >= 15 is 0 Å². The number of anilines is 2. The number of nitrogens with two attached hydrogens (primary N) is 1. The first-order chi connectivity index (χ1) is 7.29. The fraction of sp³-hybridized carbons (Fsp3) is 0.500. The number of benzene rings is 1. The number of hydrogen-bond donors (Lipinski definition) is 3. The summed E-state index contributed by atoms with van der Waals surface area (Å²) in [5, 5.41) is 6.87. The maximum Gasteiger partial charge on any atom is 0.0398 e. The summed E-state index contributed by atoms with van der Waals surface area (Å²) in [7, 11) is 0. The monoisotopic (exact) mass is 205 g/mol. The Hall–Kier alpha value is -1.22. The van der Waals surface area contributed by atoms with Gasteiger partial charge >= 0.3 is 0 Å². The summed E-state index contributed by atoms with van der Waals surface area (Å²) in [5.41, 5.74) is 9.18. The fourth-order valence-electron chi connectivity index (χ4n) is 2.02. The summed E-state index contributed by atoms with van der Waals surface area (Å²) in [6.07, 6.45) is 2.19. The van der Waals surface area contributed by atoms with Gasteiger partial charge in [-0.25, -0.2) is 0 Å². The highest BCUT2D eigenvalue weighted by atomic mass is 15.0. The van der Waals surface area contributed by atoms with E-state index in [-0.39, 0.29) is 0 Å². The molecule has 1 aromatic carbocycles. The molecule has 1 aliphatic rings. The molecule has 0 bridgehead atoms. The van der Waals surface area contributed by atoms with Crippen LogP contribution in [-0.4, -0.2) is 19.1 Å². The molecule has 1 saturated heterocycles. The third-order valence-electron chi connectivity index (χ3n) is 2.95. The molecule has 2 rings (SSSR count). The Bertz CT molecular complexity index is 330. The zero-order chi connectivity index (χ0) is 10.7. The van der Waals surface area contributed by atoms with E-state index in [9.17, 15) is 0 Å². The SMILES string of the molecule is CCc1cc(NC2CCNC2)ccc1N. The van der Waals surface area contributed by atoms with Crippen molar-refractivity contribution in [2.75, 3.05) is 24.1 Å². The van der Waals surface area contributed by atoms with E-state index in [0.717, 1.165) is 25.2 Å². The van der Waals surface area contributed by atoms with Crippen molar-refractivity contribution in [1.29, 1.82) is 0 Å². The lowest BCUT2D eigenvalue weighted by atomic mass is 10.1. The highest BCUT2D eigenvalue weighted by molar-refractivity contribution is 5.57. The molecule has 1 fully saturated rings. The fourth-order valence-corrected chi connectivity index (χ4v) is 2.02. The van der Waals surface area contributed by atoms with Crippen LogP contribution in [0.1, 0.15) is 18.9 Å². The molecule has 0 saturated carbocycles. The quantitative estimate of drug-likeness (QED) is 0.657. The summed E-state index contributed by atoms with van der Waals surface area (Å²) in [6, 6.07) is 6.78. The molecule has 1 aromatic rings. The van der Waals surface area contributed by atoms with Gasteiger partial charge in [0.1, 0.15) is 0 Å². The smallest absolute Gasteiger partial charge is 0.0398 e. The minimum absolute atomic E-state index is 0.568. The third-order valence-corrected chi connectivity index (χ3v) is 2.95. The molecule has 0 aromatic heterocycles. The van der Waals surface area contributed by atoms with Crippen molar-refractivity contribution in [3.8, 4) is 0 Å². The normalized spacial score (nSPS) is 20.5. The van der Waals surface area contributed by atoms with Crippen LogP contribution < -0.4 is 16.4 Å². The maximum atomic E-state index is 5.87. The Morgan fingerprint density at radius 2 is 2.40 bits per heavy atom. The maximum absolute atomic E-state index is 5.87. The van der Waals surface area contributed by atoms with Crippen LogP contribution in [0.2, 0.25) is 0 Å². The topological polar surface area (TPSA) is 50.1 Å². The van der Waals surface area contributed by atoms with Gasteiger partial charge in [0.2, 0.25) is 0 Å². The molecule has 0 radical (unpaired) electrons. The Morgan fingerprint density at radius 1 is 1.53 bits per heavy atom. The Balaban J connectivity index is 2.07. The van der Waals surface area contributed by atoms with Gasteiger partial charge in [0.15, 0.2) is 0 Å². The number of nitrogens with one attached hydrogen (secondary N) is 2. The predicted octanol–water partition coefficient (Wildman–Crippen LogP) is 1.60. The molecule has 82 valence electrons. The lowest BCUT2D eigenvalue weighted by Gasteiger charge is -2.14. The standard InChI is InChI=1S/C12H19N3/c1-2-9-7-10(3-4-12(9)13)15-11-5-6-14-8-11/h3-4,7,11,14-15H,2,5-6,8,13H2,1H3. The van der Waals surface area contributed by atoms with Crippen LogP contribution in [0.25, 0.3) is 0 Å². The predicted molar refractivity (Wildman–Crippen MR) is 65.1 cm³/mol. The van der Waals surface area contributed by atoms with E-state index in [1.807, 2.05) is 6.07 Å². The second-order valence-corrected chi connectivity index (χ2v) is 4.10. The molecule has 1 unspecified atom stereocenters. The van der Waals surface area contributed by atoms with Gasteiger partial charge in [-0.2, -0.15) is 0 Å². The molecule has 3 heteroatoms. The van der Waals surface area contributed by atoms with Crippen LogP contribution in [0.4, 0.5) is 11.4 Å². The summed E-state index contributed by atoms with van der Waals surface area (Å²) < 4.78 is 0. The summed E-state index contributed by atoms with van der Waals surface area (Å²) >= 11 is 0. The summed E-state index contributed by atoms with van der Waals surface area (Å²) in [4.78, 5) is 0. The Labute approximate surface area is 91.1 Å². The second kappa shape index (κ2) is 4.53. The average molecular weight is 205 g/mol. The van der Waals surface area contributed by atoms with Crippen LogP contribution in [0.15, 0.2) is 18.2 Å². The zero-order valence-corrected chi connectivity index (χ0v) is 9.22. The average Bonchev–Trinajstić information content (AvgIpc) is 2.73. The molecule has 1 heterocycles. The summed E-state index contributed by atoms with van der Waals surface area (Å²) in [6.45, 7) is 4.31. The number of aryl methyl sites for hydroxylation is 1. The van der Waals surface area contributed by atoms with Crippen molar-refractivity contribution in [3.63, 3.8) is 0 Å². The molecule has 1 atom stereocenters. The molecular weight excluding hydrogens is 186 g/mol. The molecule has 4 N–H and O–H groups in total. The largest absolute Gasteiger partial charge is 0.399 e. The van der Waals surface area contributed by atoms with E-state index in [1.54, 1.807) is 0 Å². The molecule has 0 aliphatic carbocycles. The van der Waals surface area contributed by atoms with Crippen LogP contribution in [0, 0.1) is 0 Å². The number of rotatable bonds is 3. The molecule has 1 aliphatic heterocycles. The van der Waals surface area contributed by atoms with Gasteiger partial charge in [0.25, 0.3) is 0 Å². The molecule has 0 spiro atoms. The zero-order valence-electron chi connectivity index (χ0n) is 9.22. The van der Waals surface area contributed by atoms with Crippen LogP contribution in [0.5, 0.6) is 0 Å². The first-order valence-electron chi connectivity index (χ1n) is 5.65. The van der Waals surface area contributed by atoms with Crippen molar-refractivity contribution < 1.29 is 0 Å². The minimum Gasteiger partial charge on any atom is -0.399 e. The van der Waals surface area contributed by atoms with Crippen molar-refractivity contribution in [2.45, 2.75) is 25.8 Å². The van der Waals surface area contributed by atoms with Gasteiger partial charge in [-0.3, -0.25) is 0 Å². The van der Waals surface area contributed by atoms with Gasteiger partial charge < -0.3 is 16.4 Å².